The van der Waals surface area contributed by atoms with Crippen LogP contribution in [-0.2, 0) is 16.6 Å². The van der Waals surface area contributed by atoms with Crippen molar-refractivity contribution in [3.8, 4) is 0 Å². The summed E-state index contributed by atoms with van der Waals surface area (Å²) >= 11 is 0. The fourth-order valence-electron chi connectivity index (χ4n) is 1.86. The van der Waals surface area contributed by atoms with Crippen LogP contribution in [0, 0.1) is 0 Å². The molecular formula is C14H15NO5S. The van der Waals surface area contributed by atoms with Gasteiger partial charge >= 0.3 is 5.97 Å². The number of carbonyl (C=O) groups is 1. The Kier molecular flexibility index (Phi) is 4.44. The van der Waals surface area contributed by atoms with Crippen molar-refractivity contribution in [3.63, 3.8) is 0 Å². The van der Waals surface area contributed by atoms with Crippen molar-refractivity contribution in [1.82, 2.24) is 4.31 Å². The highest BCUT2D eigenvalue weighted by molar-refractivity contribution is 7.89. The molecule has 6 nitrogen and oxygen atoms in total. The number of carboxylic acids is 1. The van der Waals surface area contributed by atoms with Gasteiger partial charge in [0.05, 0.1) is 23.3 Å². The maximum atomic E-state index is 12.5. The molecule has 1 heterocycles. The van der Waals surface area contributed by atoms with Gasteiger partial charge in [-0.25, -0.2) is 13.2 Å². The maximum absolute atomic E-state index is 12.5. The Labute approximate surface area is 122 Å². The normalized spacial score (nSPS) is 11.7. The second-order valence-corrected chi connectivity index (χ2v) is 6.28. The number of carboxylic acid groups (broad SMARTS) is 1. The van der Waals surface area contributed by atoms with E-state index < -0.39 is 16.0 Å². The molecular weight excluding hydrogens is 294 g/mol. The minimum Gasteiger partial charge on any atom is -0.478 e. The summed E-state index contributed by atoms with van der Waals surface area (Å²) in [5.41, 5.74) is 0.0445. The summed E-state index contributed by atoms with van der Waals surface area (Å²) in [6.07, 6.45) is 1.48. The molecule has 0 radical (unpaired) electrons. The molecule has 0 spiro atoms. The van der Waals surface area contributed by atoms with E-state index in [2.05, 4.69) is 0 Å². The predicted octanol–water partition coefficient (Wildman–Crippen LogP) is 2.19. The molecule has 0 amide bonds. The highest BCUT2D eigenvalue weighted by Gasteiger charge is 2.24. The van der Waals surface area contributed by atoms with Gasteiger partial charge in [-0.05, 0) is 36.4 Å². The summed E-state index contributed by atoms with van der Waals surface area (Å²) in [4.78, 5) is 10.8. The van der Waals surface area contributed by atoms with Crippen LogP contribution < -0.4 is 0 Å². The molecule has 112 valence electrons. The number of benzene rings is 1. The van der Waals surface area contributed by atoms with Crippen LogP contribution in [-0.4, -0.2) is 30.3 Å². The number of rotatable bonds is 6. The zero-order valence-corrected chi connectivity index (χ0v) is 12.2. The van der Waals surface area contributed by atoms with E-state index >= 15 is 0 Å². The fourth-order valence-corrected chi connectivity index (χ4v) is 3.28. The van der Waals surface area contributed by atoms with Gasteiger partial charge in [-0.15, -0.1) is 0 Å². The van der Waals surface area contributed by atoms with Gasteiger partial charge in [0.15, 0.2) is 0 Å². The molecule has 0 aliphatic heterocycles. The van der Waals surface area contributed by atoms with E-state index in [-0.39, 0.29) is 23.5 Å². The highest BCUT2D eigenvalue weighted by Crippen LogP contribution is 2.19. The van der Waals surface area contributed by atoms with Gasteiger partial charge < -0.3 is 9.52 Å². The molecule has 1 aromatic carbocycles. The van der Waals surface area contributed by atoms with Crippen LogP contribution in [0.1, 0.15) is 23.0 Å². The number of hydrogen-bond donors (Lipinski definition) is 1. The van der Waals surface area contributed by atoms with Crippen molar-refractivity contribution in [2.75, 3.05) is 6.54 Å². The Morgan fingerprint density at radius 2 is 1.90 bits per heavy atom. The summed E-state index contributed by atoms with van der Waals surface area (Å²) in [5, 5.41) is 8.83. The minimum absolute atomic E-state index is 0.0445. The highest BCUT2D eigenvalue weighted by atomic mass is 32.2. The van der Waals surface area contributed by atoms with Crippen molar-refractivity contribution >= 4 is 16.0 Å². The van der Waals surface area contributed by atoms with Crippen LogP contribution in [0.25, 0.3) is 0 Å². The lowest BCUT2D eigenvalue weighted by molar-refractivity contribution is 0.0696. The third-order valence-corrected chi connectivity index (χ3v) is 4.94. The summed E-state index contributed by atoms with van der Waals surface area (Å²) in [5.74, 6) is -0.551. The number of aromatic carboxylic acids is 1. The predicted molar refractivity (Wildman–Crippen MR) is 75.4 cm³/mol. The monoisotopic (exact) mass is 309 g/mol. The Morgan fingerprint density at radius 1 is 1.24 bits per heavy atom. The molecule has 7 heteroatoms. The van der Waals surface area contributed by atoms with E-state index in [0.29, 0.717) is 5.76 Å². The lowest BCUT2D eigenvalue weighted by atomic mass is 10.2. The number of furan rings is 1. The number of sulfonamides is 1. The second kappa shape index (κ2) is 6.11. The average molecular weight is 309 g/mol. The van der Waals surface area contributed by atoms with Crippen molar-refractivity contribution in [3.05, 3.63) is 54.0 Å². The fraction of sp³-hybridized carbons (Fsp3) is 0.214. The van der Waals surface area contributed by atoms with Gasteiger partial charge in [0.2, 0.25) is 10.0 Å². The Hall–Kier alpha value is -2.12. The molecule has 0 fully saturated rings. The van der Waals surface area contributed by atoms with Crippen LogP contribution in [0.3, 0.4) is 0 Å². The van der Waals surface area contributed by atoms with Gasteiger partial charge in [-0.3, -0.25) is 0 Å². The molecule has 0 saturated heterocycles. The summed E-state index contributed by atoms with van der Waals surface area (Å²) in [6.45, 7) is 2.14. The first-order chi connectivity index (χ1) is 9.95. The summed E-state index contributed by atoms with van der Waals surface area (Å²) < 4.78 is 31.4. The molecule has 0 saturated carbocycles. The van der Waals surface area contributed by atoms with E-state index in [4.69, 9.17) is 9.52 Å². The van der Waals surface area contributed by atoms with E-state index in [9.17, 15) is 13.2 Å². The largest absolute Gasteiger partial charge is 0.478 e. The lowest BCUT2D eigenvalue weighted by Gasteiger charge is -2.19. The summed E-state index contributed by atoms with van der Waals surface area (Å²) in [7, 11) is -3.69. The molecule has 0 bridgehead atoms. The molecule has 0 aliphatic rings. The van der Waals surface area contributed by atoms with Crippen LogP contribution >= 0.6 is 0 Å². The van der Waals surface area contributed by atoms with Crippen LogP contribution in [0.2, 0.25) is 0 Å². The SMILES string of the molecule is CCN(Cc1ccco1)S(=O)(=O)c1ccc(C(=O)O)cc1. The Balaban J connectivity index is 2.28. The first kappa shape index (κ1) is 15.3. The Bertz CT molecular complexity index is 704. The smallest absolute Gasteiger partial charge is 0.335 e. The van der Waals surface area contributed by atoms with Crippen molar-refractivity contribution in [1.29, 1.82) is 0 Å². The van der Waals surface area contributed by atoms with E-state index in [1.807, 2.05) is 0 Å². The third-order valence-electron chi connectivity index (χ3n) is 3.00. The van der Waals surface area contributed by atoms with E-state index in [0.717, 1.165) is 0 Å². The van der Waals surface area contributed by atoms with Crippen molar-refractivity contribution in [2.24, 2.45) is 0 Å². The van der Waals surface area contributed by atoms with E-state index in [1.165, 1.54) is 34.8 Å². The minimum atomic E-state index is -3.69. The molecule has 2 aromatic rings. The average Bonchev–Trinajstić information content (AvgIpc) is 2.97. The van der Waals surface area contributed by atoms with Crippen LogP contribution in [0.4, 0.5) is 0 Å². The van der Waals surface area contributed by atoms with Gasteiger partial charge in [0.1, 0.15) is 5.76 Å². The molecule has 21 heavy (non-hydrogen) atoms. The number of hydrogen-bond acceptors (Lipinski definition) is 4. The second-order valence-electron chi connectivity index (χ2n) is 4.34. The molecule has 2 rings (SSSR count). The maximum Gasteiger partial charge on any atom is 0.335 e. The topological polar surface area (TPSA) is 87.8 Å². The standard InChI is InChI=1S/C14H15NO5S/c1-2-15(10-12-4-3-9-20-12)21(18,19)13-7-5-11(6-8-13)14(16)17/h3-9H,2,10H2,1H3,(H,16,17). The molecule has 0 unspecified atom stereocenters. The first-order valence-corrected chi connectivity index (χ1v) is 7.75. The van der Waals surface area contributed by atoms with Crippen molar-refractivity contribution in [2.45, 2.75) is 18.4 Å². The van der Waals surface area contributed by atoms with Crippen LogP contribution in [0.15, 0.2) is 52.0 Å². The van der Waals surface area contributed by atoms with Gasteiger partial charge in [0.25, 0.3) is 0 Å². The quantitative estimate of drug-likeness (QED) is 0.883. The van der Waals surface area contributed by atoms with Crippen molar-refractivity contribution < 1.29 is 22.7 Å². The number of nitrogens with zero attached hydrogens (tertiary/aromatic N) is 1. The molecule has 0 aliphatic carbocycles. The molecule has 0 atom stereocenters. The van der Waals surface area contributed by atoms with Gasteiger partial charge in [-0.2, -0.15) is 4.31 Å². The molecule has 1 aromatic heterocycles. The zero-order chi connectivity index (χ0) is 15.5. The third kappa shape index (κ3) is 3.32. The summed E-state index contributed by atoms with van der Waals surface area (Å²) in [6, 6.07) is 8.53. The molecule has 1 N–H and O–H groups in total. The van der Waals surface area contributed by atoms with Crippen LogP contribution in [0.5, 0.6) is 0 Å². The Morgan fingerprint density at radius 3 is 2.38 bits per heavy atom. The van der Waals surface area contributed by atoms with E-state index in [1.54, 1.807) is 19.1 Å². The lowest BCUT2D eigenvalue weighted by Crippen LogP contribution is -2.30. The van der Waals surface area contributed by atoms with Gasteiger partial charge in [0, 0.05) is 6.54 Å². The first-order valence-electron chi connectivity index (χ1n) is 6.31. The zero-order valence-electron chi connectivity index (χ0n) is 11.4. The van der Waals surface area contributed by atoms with Gasteiger partial charge in [-0.1, -0.05) is 6.92 Å².